The summed E-state index contributed by atoms with van der Waals surface area (Å²) in [7, 11) is 18.2. The van der Waals surface area contributed by atoms with Crippen LogP contribution in [0.2, 0.25) is 0 Å². The molecule has 0 aromatic carbocycles. The number of ether oxygens (including phenoxy) is 2. The van der Waals surface area contributed by atoms with Crippen LogP contribution in [0.15, 0.2) is 0 Å². The fraction of sp³-hybridized carbons (Fsp3) is 1.00. The Bertz CT molecular complexity index is 175. The van der Waals surface area contributed by atoms with Gasteiger partial charge in [0.15, 0.2) is 0 Å². The van der Waals surface area contributed by atoms with Crippen LogP contribution in [-0.2, 0) is 9.47 Å². The smallest absolute Gasteiger partial charge is 0.0958 e. The molecule has 0 bridgehead atoms. The van der Waals surface area contributed by atoms with E-state index >= 15 is 0 Å². The molecule has 0 aromatic heterocycles. The highest BCUT2D eigenvalue weighted by Crippen LogP contribution is 1.83. The lowest BCUT2D eigenvalue weighted by Gasteiger charge is -1.98. The summed E-state index contributed by atoms with van der Waals surface area (Å²) in [5, 5.41) is 22.9. The SMILES string of the molecule is CNCC(C)C.CNCN.CNCN.CNCNC.CNCNC.CNCOC.COCN. The van der Waals surface area contributed by atoms with Gasteiger partial charge < -0.3 is 63.9 Å². The summed E-state index contributed by atoms with van der Waals surface area (Å²) in [6.45, 7) is 9.38. The first-order valence-corrected chi connectivity index (χ1v) is 11.0. The highest BCUT2D eigenvalue weighted by atomic mass is 16.5. The van der Waals surface area contributed by atoms with Crippen LogP contribution in [0.25, 0.3) is 0 Å². The van der Waals surface area contributed by atoms with Crippen LogP contribution >= 0.6 is 0 Å². The third-order valence-electron chi connectivity index (χ3n) is 2.18. The standard InChI is InChI=1S/C5H13N.2C3H10N2.C3H9NO.2C2H8N2.C2H7NO/c1-5(2)4-6-3;3*1-4-3-5-2;3*1-4-2-3/h5-6H,4H2,1-3H3;2*4-5H,3H2,1-2H3;4H,3H2,1-2H3;2*4H,2-3H2,1H3;2-3H2,1H3. The molecular formula is C20H65N11O2. The van der Waals surface area contributed by atoms with Crippen molar-refractivity contribution >= 4 is 0 Å². The van der Waals surface area contributed by atoms with E-state index in [-0.39, 0.29) is 0 Å². The van der Waals surface area contributed by atoms with Crippen molar-refractivity contribution in [3.8, 4) is 0 Å². The predicted molar refractivity (Wildman–Crippen MR) is 148 cm³/mol. The second kappa shape index (κ2) is 77.1. The van der Waals surface area contributed by atoms with Crippen molar-refractivity contribution in [2.45, 2.75) is 13.8 Å². The highest BCUT2D eigenvalue weighted by Gasteiger charge is 1.84. The van der Waals surface area contributed by atoms with Crippen molar-refractivity contribution in [2.75, 3.05) is 117 Å². The maximum absolute atomic E-state index is 4.92. The quantitative estimate of drug-likeness (QED) is 0.133. The minimum Gasteiger partial charge on any atom is -0.370 e. The van der Waals surface area contributed by atoms with E-state index in [1.807, 2.05) is 42.3 Å². The summed E-state index contributed by atoms with van der Waals surface area (Å²) >= 11 is 0. The maximum atomic E-state index is 4.92. The number of hydrogen-bond acceptors (Lipinski definition) is 13. The van der Waals surface area contributed by atoms with Crippen LogP contribution in [0.4, 0.5) is 0 Å². The summed E-state index contributed by atoms with van der Waals surface area (Å²) in [4.78, 5) is 0. The van der Waals surface area contributed by atoms with E-state index in [2.05, 4.69) is 65.9 Å². The Kier molecular flexibility index (Phi) is 116. The zero-order valence-electron chi connectivity index (χ0n) is 24.1. The van der Waals surface area contributed by atoms with Crippen LogP contribution in [0.5, 0.6) is 0 Å². The monoisotopic (exact) mass is 492 g/mol. The molecule has 14 N–H and O–H groups in total. The molecule has 0 unspecified atom stereocenters. The Balaban J connectivity index is -0.0000000481. The van der Waals surface area contributed by atoms with Gasteiger partial charge >= 0.3 is 0 Å². The largest absolute Gasteiger partial charge is 0.370 e. The first kappa shape index (κ1) is 49.6. The summed E-state index contributed by atoms with van der Waals surface area (Å²) in [6, 6.07) is 0. The lowest BCUT2D eigenvalue weighted by atomic mass is 10.2. The Morgan fingerprint density at radius 3 is 0.848 bits per heavy atom. The maximum Gasteiger partial charge on any atom is 0.0958 e. The van der Waals surface area contributed by atoms with Crippen molar-refractivity contribution in [3.63, 3.8) is 0 Å². The molecule has 0 fully saturated rings. The first-order chi connectivity index (χ1) is 15.8. The first-order valence-electron chi connectivity index (χ1n) is 11.0. The number of nitrogens with one attached hydrogen (secondary N) is 8. The van der Waals surface area contributed by atoms with Gasteiger partial charge in [-0.15, -0.1) is 0 Å². The van der Waals surface area contributed by atoms with Gasteiger partial charge in [-0.1, -0.05) is 13.8 Å². The van der Waals surface area contributed by atoms with Crippen molar-refractivity contribution < 1.29 is 9.47 Å². The fourth-order valence-electron chi connectivity index (χ4n) is 0.906. The lowest BCUT2D eigenvalue weighted by molar-refractivity contribution is 0.183. The molecule has 0 aromatic rings. The number of hydrogen-bond donors (Lipinski definition) is 11. The second-order valence-corrected chi connectivity index (χ2v) is 6.08. The van der Waals surface area contributed by atoms with E-state index in [9.17, 15) is 0 Å². The highest BCUT2D eigenvalue weighted by molar-refractivity contribution is 4.42. The van der Waals surface area contributed by atoms with Gasteiger partial charge in [-0.05, 0) is 68.8 Å². The third kappa shape index (κ3) is 208. The van der Waals surface area contributed by atoms with Gasteiger partial charge in [0.05, 0.1) is 13.5 Å². The number of nitrogens with two attached hydrogens (primary N) is 3. The average molecular weight is 492 g/mol. The molecule has 0 aliphatic carbocycles. The zero-order valence-corrected chi connectivity index (χ0v) is 24.1. The fourth-order valence-corrected chi connectivity index (χ4v) is 0.906. The Morgan fingerprint density at radius 1 is 0.545 bits per heavy atom. The molecule has 13 nitrogen and oxygen atoms in total. The molecule has 0 radical (unpaired) electrons. The van der Waals surface area contributed by atoms with E-state index < -0.39 is 0 Å². The van der Waals surface area contributed by atoms with E-state index in [0.29, 0.717) is 26.8 Å². The normalized spacial score (nSPS) is 8.36. The van der Waals surface area contributed by atoms with E-state index in [1.54, 1.807) is 28.3 Å². The molecule has 13 heteroatoms. The predicted octanol–water partition coefficient (Wildman–Crippen LogP) is -2.77. The number of rotatable bonds is 11. The minimum atomic E-state index is 0.319. The van der Waals surface area contributed by atoms with Gasteiger partial charge in [0.25, 0.3) is 0 Å². The van der Waals surface area contributed by atoms with E-state index in [0.717, 1.165) is 25.8 Å². The lowest BCUT2D eigenvalue weighted by Crippen LogP contribution is -2.21. The van der Waals surface area contributed by atoms with Crippen LogP contribution in [0.3, 0.4) is 0 Å². The third-order valence-corrected chi connectivity index (χ3v) is 2.18. The molecule has 33 heavy (non-hydrogen) atoms. The Morgan fingerprint density at radius 2 is 0.848 bits per heavy atom. The minimum absolute atomic E-state index is 0.319. The van der Waals surface area contributed by atoms with Crippen LogP contribution in [-0.4, -0.2) is 117 Å². The topological polar surface area (TPSA) is 193 Å². The van der Waals surface area contributed by atoms with Gasteiger partial charge in [0.1, 0.15) is 0 Å². The van der Waals surface area contributed by atoms with Crippen LogP contribution < -0.4 is 59.7 Å². The molecule has 0 heterocycles. The zero-order chi connectivity index (χ0) is 27.6. The molecule has 0 saturated heterocycles. The van der Waals surface area contributed by atoms with Gasteiger partial charge in [-0.2, -0.15) is 0 Å². The van der Waals surface area contributed by atoms with Crippen molar-refractivity contribution in [1.29, 1.82) is 0 Å². The summed E-state index contributed by atoms with van der Waals surface area (Å²) in [5.74, 6) is 0.787. The van der Waals surface area contributed by atoms with Crippen molar-refractivity contribution in [2.24, 2.45) is 23.1 Å². The van der Waals surface area contributed by atoms with Crippen LogP contribution in [0.1, 0.15) is 13.8 Å². The van der Waals surface area contributed by atoms with Crippen molar-refractivity contribution in [3.05, 3.63) is 0 Å². The van der Waals surface area contributed by atoms with Gasteiger partial charge in [0.2, 0.25) is 0 Å². The molecule has 0 saturated carbocycles. The van der Waals surface area contributed by atoms with Crippen LogP contribution in [0, 0.1) is 5.92 Å². The van der Waals surface area contributed by atoms with Gasteiger partial charge in [-0.3, -0.25) is 5.32 Å². The summed E-state index contributed by atoms with van der Waals surface area (Å²) in [5.41, 5.74) is 14.6. The Hall–Kier alpha value is -0.520. The molecular weight excluding hydrogens is 426 g/mol. The van der Waals surface area contributed by atoms with Gasteiger partial charge in [-0.25, -0.2) is 0 Å². The molecule has 0 aliphatic rings. The average Bonchev–Trinajstić information content (AvgIpc) is 2.82. The molecule has 0 rings (SSSR count). The molecule has 0 spiro atoms. The summed E-state index contributed by atoms with van der Waals surface area (Å²) < 4.78 is 8.90. The Labute approximate surface area is 206 Å². The molecule has 0 amide bonds. The second-order valence-electron chi connectivity index (χ2n) is 6.08. The number of methoxy groups -OCH3 is 2. The van der Waals surface area contributed by atoms with Gasteiger partial charge in [0, 0.05) is 40.9 Å². The summed E-state index contributed by atoms with van der Waals surface area (Å²) in [6.07, 6.45) is 0. The van der Waals surface area contributed by atoms with E-state index in [1.165, 1.54) is 0 Å². The molecule has 212 valence electrons. The van der Waals surface area contributed by atoms with Crippen molar-refractivity contribution in [1.82, 2.24) is 42.5 Å². The molecule has 0 atom stereocenters. The van der Waals surface area contributed by atoms with E-state index in [4.69, 9.17) is 17.2 Å². The molecule has 0 aliphatic heterocycles.